The van der Waals surface area contributed by atoms with Crippen molar-refractivity contribution in [3.8, 4) is 0 Å². The lowest BCUT2D eigenvalue weighted by Gasteiger charge is -2.14. The zero-order valence-electron chi connectivity index (χ0n) is 21.2. The monoisotopic (exact) mass is 556 g/mol. The average Bonchev–Trinajstić information content (AvgIpc) is 3.33. The normalized spacial score (nSPS) is 17.9. The number of carbonyl (C=O) groups excluding carboxylic acids is 1. The molecule has 0 aliphatic carbocycles. The summed E-state index contributed by atoms with van der Waals surface area (Å²) in [6.07, 6.45) is 21.7. The van der Waals surface area contributed by atoms with Crippen molar-refractivity contribution >= 4 is 33.6 Å². The summed E-state index contributed by atoms with van der Waals surface area (Å²) in [5.41, 5.74) is 0.992. The van der Waals surface area contributed by atoms with Gasteiger partial charge in [-0.25, -0.2) is 4.39 Å². The first kappa shape index (κ1) is 29.6. The summed E-state index contributed by atoms with van der Waals surface area (Å²) in [4.78, 5) is 12.4. The highest BCUT2D eigenvalue weighted by Gasteiger charge is 2.30. The topological polar surface area (TPSA) is 41.1 Å². The molecule has 2 N–H and O–H groups in total. The van der Waals surface area contributed by atoms with Crippen LogP contribution < -0.4 is 10.6 Å². The summed E-state index contributed by atoms with van der Waals surface area (Å²) < 4.78 is 13.9. The van der Waals surface area contributed by atoms with Crippen LogP contribution >= 0.6 is 27.7 Å². The van der Waals surface area contributed by atoms with Crippen LogP contribution in [-0.4, -0.2) is 24.2 Å². The maximum atomic E-state index is 13.4. The van der Waals surface area contributed by atoms with Gasteiger partial charge >= 0.3 is 0 Å². The molecule has 1 saturated heterocycles. The summed E-state index contributed by atoms with van der Waals surface area (Å²) in [5, 5.41) is 6.48. The smallest absolute Gasteiger partial charge is 0.238 e. The van der Waals surface area contributed by atoms with Gasteiger partial charge in [0.2, 0.25) is 5.91 Å². The molecule has 1 aromatic carbocycles. The number of hydrogen-bond donors (Lipinski definition) is 2. The van der Waals surface area contributed by atoms with Crippen LogP contribution in [0.5, 0.6) is 0 Å². The largest absolute Gasteiger partial charge is 0.355 e. The molecule has 0 aromatic heterocycles. The van der Waals surface area contributed by atoms with Gasteiger partial charge in [-0.3, -0.25) is 10.1 Å². The first-order chi connectivity index (χ1) is 16.6. The Morgan fingerprint density at radius 1 is 0.941 bits per heavy atom. The molecule has 0 saturated carbocycles. The maximum absolute atomic E-state index is 13.4. The molecule has 3 nitrogen and oxygen atoms in total. The molecule has 1 heterocycles. The van der Waals surface area contributed by atoms with Gasteiger partial charge in [0.25, 0.3) is 0 Å². The van der Waals surface area contributed by atoms with Gasteiger partial charge in [-0.1, -0.05) is 109 Å². The molecular weight excluding hydrogens is 511 g/mol. The van der Waals surface area contributed by atoms with Gasteiger partial charge in [0.15, 0.2) is 0 Å². The quantitative estimate of drug-likeness (QED) is 0.167. The van der Waals surface area contributed by atoms with Crippen LogP contribution in [0, 0.1) is 5.82 Å². The predicted molar refractivity (Wildman–Crippen MR) is 149 cm³/mol. The Balaban J connectivity index is 1.37. The van der Waals surface area contributed by atoms with E-state index in [9.17, 15) is 9.18 Å². The third-order valence-corrected chi connectivity index (χ3v) is 8.55. The fourth-order valence-electron chi connectivity index (χ4n) is 4.50. The molecule has 0 bridgehead atoms. The minimum atomic E-state index is -0.264. The van der Waals surface area contributed by atoms with Crippen molar-refractivity contribution < 1.29 is 9.18 Å². The van der Waals surface area contributed by atoms with Crippen molar-refractivity contribution in [2.75, 3.05) is 12.3 Å². The lowest BCUT2D eigenvalue weighted by molar-refractivity contribution is -0.122. The van der Waals surface area contributed by atoms with E-state index in [1.54, 1.807) is 23.9 Å². The zero-order valence-corrected chi connectivity index (χ0v) is 23.6. The molecule has 1 aliphatic heterocycles. The van der Waals surface area contributed by atoms with Crippen molar-refractivity contribution in [3.05, 3.63) is 34.1 Å². The number of carbonyl (C=O) groups is 1. The number of amides is 1. The molecule has 1 unspecified atom stereocenters. The van der Waals surface area contributed by atoms with Crippen LogP contribution in [0.25, 0.3) is 0 Å². The van der Waals surface area contributed by atoms with E-state index >= 15 is 0 Å². The molecular formula is C28H46BrFN2OS. The highest BCUT2D eigenvalue weighted by molar-refractivity contribution is 9.10. The van der Waals surface area contributed by atoms with Gasteiger partial charge in [-0.2, -0.15) is 0 Å². The molecule has 194 valence electrons. The molecule has 34 heavy (non-hydrogen) atoms. The molecule has 1 aliphatic rings. The van der Waals surface area contributed by atoms with E-state index in [0.717, 1.165) is 24.3 Å². The van der Waals surface area contributed by atoms with Crippen LogP contribution in [0.3, 0.4) is 0 Å². The lowest BCUT2D eigenvalue weighted by Crippen LogP contribution is -2.42. The molecule has 1 fully saturated rings. The summed E-state index contributed by atoms with van der Waals surface area (Å²) >= 11 is 4.93. The summed E-state index contributed by atoms with van der Waals surface area (Å²) in [7, 11) is 0. The second-order valence-corrected chi connectivity index (χ2v) is 11.7. The van der Waals surface area contributed by atoms with E-state index in [0.29, 0.717) is 4.47 Å². The minimum Gasteiger partial charge on any atom is -0.355 e. The second-order valence-electron chi connectivity index (χ2n) is 9.70. The van der Waals surface area contributed by atoms with E-state index < -0.39 is 0 Å². The SMILES string of the molecule is CCCCCCCCCCCCCCCCCCNC(=O)[C@@H]1CSC(c2ccc(F)c(Br)c2)N1. The molecule has 2 rings (SSSR count). The molecule has 6 heteroatoms. The van der Waals surface area contributed by atoms with Crippen LogP contribution in [0.4, 0.5) is 4.39 Å². The number of unbranched alkanes of at least 4 members (excludes halogenated alkanes) is 15. The molecule has 0 radical (unpaired) electrons. The minimum absolute atomic E-state index is 0.0307. The maximum Gasteiger partial charge on any atom is 0.238 e. The van der Waals surface area contributed by atoms with Crippen LogP contribution in [0.2, 0.25) is 0 Å². The fourth-order valence-corrected chi connectivity index (χ4v) is 6.13. The Morgan fingerprint density at radius 3 is 2.00 bits per heavy atom. The van der Waals surface area contributed by atoms with E-state index in [1.807, 2.05) is 0 Å². The Bertz CT molecular complexity index is 690. The van der Waals surface area contributed by atoms with Crippen LogP contribution in [0.15, 0.2) is 22.7 Å². The van der Waals surface area contributed by atoms with E-state index in [1.165, 1.54) is 102 Å². The number of halogens is 2. The van der Waals surface area contributed by atoms with Crippen molar-refractivity contribution in [1.29, 1.82) is 0 Å². The van der Waals surface area contributed by atoms with Crippen molar-refractivity contribution in [1.82, 2.24) is 10.6 Å². The third kappa shape index (κ3) is 12.4. The lowest BCUT2D eigenvalue weighted by atomic mass is 10.0. The van der Waals surface area contributed by atoms with E-state index in [4.69, 9.17) is 0 Å². The van der Waals surface area contributed by atoms with Crippen molar-refractivity contribution in [2.24, 2.45) is 0 Å². The van der Waals surface area contributed by atoms with Gasteiger partial charge in [-0.05, 0) is 40.0 Å². The number of thioether (sulfide) groups is 1. The predicted octanol–water partition coefficient (Wildman–Crippen LogP) is 8.67. The van der Waals surface area contributed by atoms with Gasteiger partial charge in [0.1, 0.15) is 5.82 Å². The van der Waals surface area contributed by atoms with Crippen LogP contribution in [-0.2, 0) is 4.79 Å². The number of rotatable bonds is 19. The number of hydrogen-bond acceptors (Lipinski definition) is 3. The third-order valence-electron chi connectivity index (χ3n) is 6.67. The van der Waals surface area contributed by atoms with Gasteiger partial charge in [0, 0.05) is 12.3 Å². The second kappa shape index (κ2) is 18.6. The van der Waals surface area contributed by atoms with Gasteiger partial charge in [0.05, 0.1) is 15.9 Å². The molecule has 1 aromatic rings. The zero-order chi connectivity index (χ0) is 24.4. The van der Waals surface area contributed by atoms with E-state index in [2.05, 4.69) is 33.5 Å². The first-order valence-electron chi connectivity index (χ1n) is 13.7. The summed E-state index contributed by atoms with van der Waals surface area (Å²) in [5.74, 6) is 0.557. The fraction of sp³-hybridized carbons (Fsp3) is 0.750. The average molecular weight is 558 g/mol. The van der Waals surface area contributed by atoms with E-state index in [-0.39, 0.29) is 23.1 Å². The summed E-state index contributed by atoms with van der Waals surface area (Å²) in [6.45, 7) is 3.04. The van der Waals surface area contributed by atoms with Crippen LogP contribution in [0.1, 0.15) is 121 Å². The standard InChI is InChI=1S/C28H46BrFN2OS/c1-2-3-4-5-6-7-8-9-10-11-12-13-14-15-16-17-20-31-27(33)26-22-34-28(32-26)23-18-19-25(30)24(29)21-23/h18-19,21,26,28,32H,2-17,20,22H2,1H3,(H,31,33)/t26-,28?/m0/s1. The Kier molecular flexibility index (Phi) is 16.3. The number of nitrogens with one attached hydrogen (secondary N) is 2. The molecule has 0 spiro atoms. The summed E-state index contributed by atoms with van der Waals surface area (Å²) in [6, 6.07) is 4.85. The Labute approximate surface area is 220 Å². The molecule has 2 atom stereocenters. The Hall–Kier alpha value is -0.590. The first-order valence-corrected chi connectivity index (χ1v) is 15.6. The Morgan fingerprint density at radius 2 is 1.47 bits per heavy atom. The van der Waals surface area contributed by atoms with Crippen molar-refractivity contribution in [3.63, 3.8) is 0 Å². The van der Waals surface area contributed by atoms with Crippen molar-refractivity contribution in [2.45, 2.75) is 121 Å². The molecule has 1 amide bonds. The highest BCUT2D eigenvalue weighted by Crippen LogP contribution is 2.34. The highest BCUT2D eigenvalue weighted by atomic mass is 79.9. The number of benzene rings is 1. The van der Waals surface area contributed by atoms with Gasteiger partial charge in [-0.15, -0.1) is 11.8 Å². The van der Waals surface area contributed by atoms with Gasteiger partial charge < -0.3 is 5.32 Å².